The molecule has 0 spiro atoms. The first-order valence-corrected chi connectivity index (χ1v) is 10.1. The Bertz CT molecular complexity index is 1150. The van der Waals surface area contributed by atoms with Gasteiger partial charge in [-0.15, -0.1) is 0 Å². The third-order valence-electron chi connectivity index (χ3n) is 5.50. The summed E-state index contributed by atoms with van der Waals surface area (Å²) in [6.45, 7) is 0.306. The Morgan fingerprint density at radius 1 is 1.03 bits per heavy atom. The highest BCUT2D eigenvalue weighted by atomic mass is 16.5. The Balaban J connectivity index is 1.76. The second-order valence-corrected chi connectivity index (χ2v) is 7.32. The number of ketones is 1. The molecule has 3 aromatic rings. The molecule has 0 unspecified atom stereocenters. The number of aliphatic hydroxyl groups excluding tert-OH is 1. The zero-order valence-corrected chi connectivity index (χ0v) is 17.8. The number of carbonyl (C=O) groups excluding carboxylic acids is 2. The van der Waals surface area contributed by atoms with Gasteiger partial charge in [-0.3, -0.25) is 9.59 Å². The molecule has 1 amide bonds. The summed E-state index contributed by atoms with van der Waals surface area (Å²) < 4.78 is 16.0. The number of Topliss-reactive ketones (excluding diaryl/α,β-unsaturated/α-hetero) is 1. The van der Waals surface area contributed by atoms with Crippen molar-refractivity contribution in [3.63, 3.8) is 0 Å². The van der Waals surface area contributed by atoms with Crippen molar-refractivity contribution in [2.24, 2.45) is 0 Å². The summed E-state index contributed by atoms with van der Waals surface area (Å²) in [4.78, 5) is 27.8. The van der Waals surface area contributed by atoms with Gasteiger partial charge in [0.15, 0.2) is 23.0 Å². The fourth-order valence-electron chi connectivity index (χ4n) is 3.92. The molecule has 0 saturated heterocycles. The number of aliphatic hydroxyl groups is 1. The van der Waals surface area contributed by atoms with Crippen LogP contribution in [-0.4, -0.2) is 42.5 Å². The summed E-state index contributed by atoms with van der Waals surface area (Å²) in [7, 11) is 3.04. The Morgan fingerprint density at radius 2 is 1.78 bits per heavy atom. The normalized spacial score (nSPS) is 15.9. The van der Waals surface area contributed by atoms with Crippen LogP contribution in [0.4, 0.5) is 0 Å². The fraction of sp³-hybridized carbons (Fsp3) is 0.200. The molecule has 0 aliphatic carbocycles. The van der Waals surface area contributed by atoms with E-state index in [1.165, 1.54) is 31.4 Å². The average Bonchev–Trinajstić information content (AvgIpc) is 3.45. The van der Waals surface area contributed by atoms with Crippen LogP contribution < -0.4 is 9.47 Å². The van der Waals surface area contributed by atoms with Gasteiger partial charge in [0.25, 0.3) is 5.91 Å². The molecule has 0 radical (unpaired) electrons. The minimum Gasteiger partial charge on any atom is -0.503 e. The summed E-state index contributed by atoms with van der Waals surface area (Å²) in [6.07, 6.45) is 1.94. The monoisotopic (exact) mass is 433 g/mol. The zero-order chi connectivity index (χ0) is 22.7. The molecule has 1 N–H and O–H groups in total. The molecule has 1 aliphatic heterocycles. The molecule has 7 heteroatoms. The van der Waals surface area contributed by atoms with Gasteiger partial charge in [-0.1, -0.05) is 36.4 Å². The lowest BCUT2D eigenvalue weighted by molar-refractivity contribution is -0.129. The van der Waals surface area contributed by atoms with Gasteiger partial charge in [-0.05, 0) is 41.8 Å². The molecular weight excluding hydrogens is 410 g/mol. The molecule has 0 fully saturated rings. The maximum atomic E-state index is 13.2. The quantitative estimate of drug-likeness (QED) is 0.538. The molecule has 164 valence electrons. The number of amides is 1. The lowest BCUT2D eigenvalue weighted by Crippen LogP contribution is -2.33. The van der Waals surface area contributed by atoms with Gasteiger partial charge < -0.3 is 23.9 Å². The van der Waals surface area contributed by atoms with Crippen LogP contribution in [0.3, 0.4) is 0 Å². The van der Waals surface area contributed by atoms with Crippen molar-refractivity contribution in [1.29, 1.82) is 0 Å². The average molecular weight is 433 g/mol. The number of hydrogen-bond acceptors (Lipinski definition) is 6. The Labute approximate surface area is 185 Å². The maximum Gasteiger partial charge on any atom is 0.290 e. The Morgan fingerprint density at radius 3 is 2.44 bits per heavy atom. The van der Waals surface area contributed by atoms with Crippen LogP contribution in [0.2, 0.25) is 0 Å². The van der Waals surface area contributed by atoms with E-state index in [4.69, 9.17) is 13.9 Å². The Hall–Kier alpha value is -4.00. The molecule has 1 aliphatic rings. The lowest BCUT2D eigenvalue weighted by atomic mass is 9.94. The Kier molecular flexibility index (Phi) is 5.98. The van der Waals surface area contributed by atoms with Crippen molar-refractivity contribution in [2.75, 3.05) is 20.8 Å². The van der Waals surface area contributed by atoms with E-state index in [0.717, 1.165) is 5.56 Å². The fourth-order valence-corrected chi connectivity index (χ4v) is 3.92. The topological polar surface area (TPSA) is 89.2 Å². The van der Waals surface area contributed by atoms with E-state index in [2.05, 4.69) is 0 Å². The summed E-state index contributed by atoms with van der Waals surface area (Å²) in [5.41, 5.74) is 1.63. The van der Waals surface area contributed by atoms with Gasteiger partial charge >= 0.3 is 0 Å². The van der Waals surface area contributed by atoms with Gasteiger partial charge in [0.1, 0.15) is 0 Å². The second kappa shape index (κ2) is 9.01. The molecule has 0 saturated carbocycles. The lowest BCUT2D eigenvalue weighted by Gasteiger charge is -2.27. The number of methoxy groups -OCH3 is 2. The highest BCUT2D eigenvalue weighted by Crippen LogP contribution is 2.41. The van der Waals surface area contributed by atoms with E-state index < -0.39 is 23.5 Å². The van der Waals surface area contributed by atoms with Crippen LogP contribution >= 0.6 is 0 Å². The number of carbonyl (C=O) groups is 2. The molecule has 7 nitrogen and oxygen atoms in total. The van der Waals surface area contributed by atoms with E-state index >= 15 is 0 Å². The van der Waals surface area contributed by atoms with Crippen LogP contribution in [0.25, 0.3) is 0 Å². The van der Waals surface area contributed by atoms with Crippen LogP contribution in [0.5, 0.6) is 11.5 Å². The molecule has 2 aromatic carbocycles. The third-order valence-corrected chi connectivity index (χ3v) is 5.50. The van der Waals surface area contributed by atoms with Crippen LogP contribution in [0.15, 0.2) is 82.7 Å². The number of ether oxygens (including phenoxy) is 2. The van der Waals surface area contributed by atoms with Crippen LogP contribution in [0, 0.1) is 0 Å². The number of hydrogen-bond donors (Lipinski definition) is 1. The van der Waals surface area contributed by atoms with Crippen molar-refractivity contribution in [1.82, 2.24) is 4.90 Å². The van der Waals surface area contributed by atoms with Crippen LogP contribution in [0.1, 0.15) is 27.7 Å². The highest BCUT2D eigenvalue weighted by molar-refractivity contribution is 6.15. The van der Waals surface area contributed by atoms with E-state index in [1.807, 2.05) is 30.3 Å². The number of furan rings is 1. The molecule has 32 heavy (non-hydrogen) atoms. The predicted octanol–water partition coefficient (Wildman–Crippen LogP) is 4.12. The van der Waals surface area contributed by atoms with Gasteiger partial charge in [0.2, 0.25) is 5.78 Å². The molecule has 0 bridgehead atoms. The van der Waals surface area contributed by atoms with Crippen molar-refractivity contribution in [2.45, 2.75) is 12.5 Å². The van der Waals surface area contributed by atoms with Gasteiger partial charge in [0.05, 0.1) is 32.1 Å². The van der Waals surface area contributed by atoms with E-state index in [0.29, 0.717) is 30.0 Å². The van der Waals surface area contributed by atoms with E-state index in [-0.39, 0.29) is 11.3 Å². The first-order chi connectivity index (χ1) is 15.5. The number of rotatable bonds is 8. The number of nitrogens with zero attached hydrogens (tertiary/aromatic N) is 1. The second-order valence-electron chi connectivity index (χ2n) is 7.32. The molecule has 2 heterocycles. The van der Waals surface area contributed by atoms with Gasteiger partial charge in [-0.25, -0.2) is 0 Å². The standard InChI is InChI=1S/C25H23NO6/c1-30-18-11-10-17(15-20(18)31-2)22-21(23(27)19-9-6-14-32-19)24(28)25(29)26(22)13-12-16-7-4-3-5-8-16/h3-11,14-15,22,28H,12-13H2,1-2H3/t22-/m1/s1. The zero-order valence-electron chi connectivity index (χ0n) is 17.8. The first kappa shape index (κ1) is 21.2. The SMILES string of the molecule is COc1ccc([C@@H]2C(C(=O)c3ccco3)=C(O)C(=O)N2CCc2ccccc2)cc1OC. The summed E-state index contributed by atoms with van der Waals surface area (Å²) in [5.74, 6) is -0.687. The van der Waals surface area contributed by atoms with Gasteiger partial charge in [0, 0.05) is 6.54 Å². The number of benzene rings is 2. The van der Waals surface area contributed by atoms with Crippen molar-refractivity contribution < 1.29 is 28.6 Å². The van der Waals surface area contributed by atoms with E-state index in [1.54, 1.807) is 24.3 Å². The molecular formula is C25H23NO6. The van der Waals surface area contributed by atoms with Crippen molar-refractivity contribution in [3.8, 4) is 11.5 Å². The van der Waals surface area contributed by atoms with Gasteiger partial charge in [-0.2, -0.15) is 0 Å². The maximum absolute atomic E-state index is 13.2. The molecule has 4 rings (SSSR count). The van der Waals surface area contributed by atoms with Crippen molar-refractivity contribution >= 4 is 11.7 Å². The molecule has 1 aromatic heterocycles. The minimum atomic E-state index is -0.802. The predicted molar refractivity (Wildman–Crippen MR) is 117 cm³/mol. The van der Waals surface area contributed by atoms with Crippen molar-refractivity contribution in [3.05, 3.63) is 95.1 Å². The van der Waals surface area contributed by atoms with Crippen LogP contribution in [-0.2, 0) is 11.2 Å². The summed E-state index contributed by atoms with van der Waals surface area (Å²) in [6, 6.07) is 17.2. The van der Waals surface area contributed by atoms with E-state index in [9.17, 15) is 14.7 Å². The summed E-state index contributed by atoms with van der Waals surface area (Å²) >= 11 is 0. The third kappa shape index (κ3) is 3.85. The first-order valence-electron chi connectivity index (χ1n) is 10.1. The largest absolute Gasteiger partial charge is 0.503 e. The minimum absolute atomic E-state index is 0.0229. The molecule has 1 atom stereocenters. The highest BCUT2D eigenvalue weighted by Gasteiger charge is 2.44. The smallest absolute Gasteiger partial charge is 0.290 e. The summed E-state index contributed by atoms with van der Waals surface area (Å²) in [5, 5.41) is 10.7.